The van der Waals surface area contributed by atoms with Gasteiger partial charge in [0, 0.05) is 6.61 Å². The van der Waals surface area contributed by atoms with E-state index in [1.165, 1.54) is 12.1 Å². The first-order valence-electron chi connectivity index (χ1n) is 5.87. The fourth-order valence-electron chi connectivity index (χ4n) is 1.73. The molecule has 0 bridgehead atoms. The largest absolute Gasteiger partial charge is 0.416 e. The molecule has 1 aromatic carbocycles. The summed E-state index contributed by atoms with van der Waals surface area (Å²) >= 11 is 0. The van der Waals surface area contributed by atoms with Crippen molar-refractivity contribution in [3.63, 3.8) is 0 Å². The van der Waals surface area contributed by atoms with Crippen LogP contribution in [0.3, 0.4) is 0 Å². The highest BCUT2D eigenvalue weighted by molar-refractivity contribution is 5.26. The summed E-state index contributed by atoms with van der Waals surface area (Å²) in [5.74, 6) is 0. The molecule has 0 fully saturated rings. The highest BCUT2D eigenvalue weighted by Crippen LogP contribution is 2.30. The number of aliphatic hydroxyl groups excluding tert-OH is 1. The van der Waals surface area contributed by atoms with Crippen LogP contribution in [0.4, 0.5) is 13.2 Å². The molecule has 0 saturated heterocycles. The Morgan fingerprint density at radius 3 is 2.11 bits per heavy atom. The van der Waals surface area contributed by atoms with Crippen molar-refractivity contribution in [2.45, 2.75) is 38.7 Å². The van der Waals surface area contributed by atoms with Gasteiger partial charge in [-0.25, -0.2) is 0 Å². The summed E-state index contributed by atoms with van der Waals surface area (Å²) in [6.45, 7) is 4.12. The van der Waals surface area contributed by atoms with Gasteiger partial charge < -0.3 is 9.84 Å². The summed E-state index contributed by atoms with van der Waals surface area (Å²) in [5, 5.41) is 10.00. The Labute approximate surface area is 104 Å². The van der Waals surface area contributed by atoms with Gasteiger partial charge in [0.15, 0.2) is 0 Å². The highest BCUT2D eigenvalue weighted by atomic mass is 19.4. The number of hydrogen-bond acceptors (Lipinski definition) is 2. The lowest BCUT2D eigenvalue weighted by Crippen LogP contribution is -2.21. The molecule has 0 aromatic heterocycles. The predicted octanol–water partition coefficient (Wildman–Crippen LogP) is 3.55. The van der Waals surface area contributed by atoms with Crippen LogP contribution in [0.5, 0.6) is 0 Å². The second-order valence-electron chi connectivity index (χ2n) is 3.97. The van der Waals surface area contributed by atoms with Gasteiger partial charge in [0.2, 0.25) is 0 Å². The summed E-state index contributed by atoms with van der Waals surface area (Å²) < 4.78 is 42.5. The van der Waals surface area contributed by atoms with E-state index >= 15 is 0 Å². The van der Waals surface area contributed by atoms with E-state index in [2.05, 4.69) is 0 Å². The molecule has 0 aliphatic heterocycles. The van der Waals surface area contributed by atoms with Crippen LogP contribution < -0.4 is 0 Å². The molecule has 2 nitrogen and oxygen atoms in total. The van der Waals surface area contributed by atoms with Gasteiger partial charge in [0.1, 0.15) is 6.10 Å². The van der Waals surface area contributed by atoms with E-state index in [4.69, 9.17) is 4.74 Å². The quantitative estimate of drug-likeness (QED) is 0.879. The molecule has 2 atom stereocenters. The van der Waals surface area contributed by atoms with Gasteiger partial charge >= 0.3 is 6.18 Å². The maximum absolute atomic E-state index is 12.4. The van der Waals surface area contributed by atoms with Crippen LogP contribution in [-0.2, 0) is 10.9 Å². The van der Waals surface area contributed by atoms with Crippen LogP contribution in [0.1, 0.15) is 37.5 Å². The third-order valence-corrected chi connectivity index (χ3v) is 2.71. The number of halogens is 3. The third-order valence-electron chi connectivity index (χ3n) is 2.71. The Bertz CT molecular complexity index is 359. The first-order chi connectivity index (χ1) is 8.40. The van der Waals surface area contributed by atoms with Crippen molar-refractivity contribution < 1.29 is 23.0 Å². The molecule has 0 radical (unpaired) electrons. The molecule has 0 aliphatic carbocycles. The van der Waals surface area contributed by atoms with E-state index in [1.807, 2.05) is 13.8 Å². The van der Waals surface area contributed by atoms with E-state index in [9.17, 15) is 18.3 Å². The standard InChI is InChI=1S/C13H17F3O2/c1-3-11(18-4-2)12(17)9-5-7-10(8-6-9)13(14,15)16/h5-8,11-12,17H,3-4H2,1-2H3. The van der Waals surface area contributed by atoms with E-state index < -0.39 is 23.9 Å². The van der Waals surface area contributed by atoms with Crippen LogP contribution >= 0.6 is 0 Å². The Hall–Kier alpha value is -1.07. The molecule has 1 aromatic rings. The lowest BCUT2D eigenvalue weighted by Gasteiger charge is -2.22. The van der Waals surface area contributed by atoms with Crippen LogP contribution in [0.25, 0.3) is 0 Å². The van der Waals surface area contributed by atoms with E-state index in [0.717, 1.165) is 12.1 Å². The van der Waals surface area contributed by atoms with E-state index in [1.54, 1.807) is 0 Å². The molecule has 18 heavy (non-hydrogen) atoms. The molecule has 5 heteroatoms. The third kappa shape index (κ3) is 3.71. The van der Waals surface area contributed by atoms with Crippen molar-refractivity contribution >= 4 is 0 Å². The topological polar surface area (TPSA) is 29.5 Å². The average molecular weight is 262 g/mol. The molecule has 1 N–H and O–H groups in total. The van der Waals surface area contributed by atoms with E-state index in [-0.39, 0.29) is 0 Å². The van der Waals surface area contributed by atoms with Gasteiger partial charge in [-0.15, -0.1) is 0 Å². The lowest BCUT2D eigenvalue weighted by atomic mass is 10.0. The van der Waals surface area contributed by atoms with Crippen LogP contribution in [0.2, 0.25) is 0 Å². The maximum atomic E-state index is 12.4. The molecule has 0 heterocycles. The second-order valence-corrected chi connectivity index (χ2v) is 3.97. The summed E-state index contributed by atoms with van der Waals surface area (Å²) in [5.41, 5.74) is -0.286. The molecule has 0 amide bonds. The van der Waals surface area contributed by atoms with Crippen molar-refractivity contribution in [2.24, 2.45) is 0 Å². The second kappa shape index (κ2) is 6.20. The van der Waals surface area contributed by atoms with E-state index in [0.29, 0.717) is 18.6 Å². The van der Waals surface area contributed by atoms with Gasteiger partial charge in [-0.05, 0) is 31.0 Å². The molecule has 2 unspecified atom stereocenters. The first-order valence-corrected chi connectivity index (χ1v) is 5.87. The number of hydrogen-bond donors (Lipinski definition) is 1. The SMILES string of the molecule is CCOC(CC)C(O)c1ccc(C(F)(F)F)cc1. The number of alkyl halides is 3. The molecule has 0 saturated carbocycles. The summed E-state index contributed by atoms with van der Waals surface area (Å²) in [4.78, 5) is 0. The Kier molecular flexibility index (Phi) is 5.16. The van der Waals surface area contributed by atoms with Crippen molar-refractivity contribution in [1.29, 1.82) is 0 Å². The smallest absolute Gasteiger partial charge is 0.386 e. The van der Waals surface area contributed by atoms with Crippen LogP contribution in [0.15, 0.2) is 24.3 Å². The predicted molar refractivity (Wildman–Crippen MR) is 62.1 cm³/mol. The number of ether oxygens (including phenoxy) is 1. The van der Waals surface area contributed by atoms with Gasteiger partial charge in [0.05, 0.1) is 11.7 Å². The van der Waals surface area contributed by atoms with Crippen molar-refractivity contribution in [3.8, 4) is 0 Å². The molecule has 102 valence electrons. The minimum absolute atomic E-state index is 0.397. The van der Waals surface area contributed by atoms with Gasteiger partial charge in [-0.3, -0.25) is 0 Å². The number of benzene rings is 1. The molecular formula is C13H17F3O2. The average Bonchev–Trinajstić information content (AvgIpc) is 2.34. The summed E-state index contributed by atoms with van der Waals surface area (Å²) in [7, 11) is 0. The van der Waals surface area contributed by atoms with Crippen molar-refractivity contribution in [2.75, 3.05) is 6.61 Å². The monoisotopic (exact) mass is 262 g/mol. The molecular weight excluding hydrogens is 245 g/mol. The fourth-order valence-corrected chi connectivity index (χ4v) is 1.73. The molecule has 0 spiro atoms. The zero-order valence-electron chi connectivity index (χ0n) is 10.4. The lowest BCUT2D eigenvalue weighted by molar-refractivity contribution is -0.137. The zero-order valence-corrected chi connectivity index (χ0v) is 10.4. The van der Waals surface area contributed by atoms with Crippen molar-refractivity contribution in [1.82, 2.24) is 0 Å². The highest BCUT2D eigenvalue weighted by Gasteiger charge is 2.30. The minimum atomic E-state index is -4.35. The maximum Gasteiger partial charge on any atom is 0.416 e. The zero-order chi connectivity index (χ0) is 13.8. The number of rotatable bonds is 5. The number of aliphatic hydroxyl groups is 1. The van der Waals surface area contributed by atoms with Gasteiger partial charge in [0.25, 0.3) is 0 Å². The van der Waals surface area contributed by atoms with Gasteiger partial charge in [-0.1, -0.05) is 19.1 Å². The minimum Gasteiger partial charge on any atom is -0.386 e. The Balaban J connectivity index is 2.84. The van der Waals surface area contributed by atoms with Crippen LogP contribution in [0, 0.1) is 0 Å². The van der Waals surface area contributed by atoms with Crippen LogP contribution in [-0.4, -0.2) is 17.8 Å². The summed E-state index contributed by atoms with van der Waals surface area (Å²) in [6.07, 6.45) is -5.06. The molecule has 1 rings (SSSR count). The summed E-state index contributed by atoms with van der Waals surface area (Å²) in [6, 6.07) is 4.51. The normalized spacial score (nSPS) is 15.4. The first kappa shape index (κ1) is 15.0. The molecule has 0 aliphatic rings. The Morgan fingerprint density at radius 1 is 1.17 bits per heavy atom. The van der Waals surface area contributed by atoms with Gasteiger partial charge in [-0.2, -0.15) is 13.2 Å². The fraction of sp³-hybridized carbons (Fsp3) is 0.538. The Morgan fingerprint density at radius 2 is 1.72 bits per heavy atom. The van der Waals surface area contributed by atoms with Crippen molar-refractivity contribution in [3.05, 3.63) is 35.4 Å².